The van der Waals surface area contributed by atoms with Crippen LogP contribution in [0.2, 0.25) is 0 Å². The SMILES string of the molecule is CCc1sc(NCC2=CN(CC3OC(OC)C(O)C(O)C3O)NN2)nc1C. The van der Waals surface area contributed by atoms with Crippen molar-refractivity contribution in [3.63, 3.8) is 0 Å². The molecule has 2 aliphatic heterocycles. The molecule has 2 aliphatic rings. The van der Waals surface area contributed by atoms with Crippen molar-refractivity contribution in [2.45, 2.75) is 51.0 Å². The highest BCUT2D eigenvalue weighted by atomic mass is 32.1. The number of methoxy groups -OCH3 is 1. The van der Waals surface area contributed by atoms with Gasteiger partial charge in [0, 0.05) is 18.2 Å². The summed E-state index contributed by atoms with van der Waals surface area (Å²) in [6.45, 7) is 4.91. The molecule has 0 bridgehead atoms. The molecular formula is C16H27N5O5S. The second kappa shape index (κ2) is 8.69. The van der Waals surface area contributed by atoms with Crippen LogP contribution in [0.3, 0.4) is 0 Å². The van der Waals surface area contributed by atoms with Crippen LogP contribution in [0.25, 0.3) is 0 Å². The first-order valence-electron chi connectivity index (χ1n) is 8.84. The van der Waals surface area contributed by atoms with Gasteiger partial charge < -0.3 is 35.5 Å². The minimum atomic E-state index is -1.34. The number of hydrazine groups is 2. The Morgan fingerprint density at radius 1 is 1.33 bits per heavy atom. The van der Waals surface area contributed by atoms with Crippen LogP contribution >= 0.6 is 11.3 Å². The number of aryl methyl sites for hydroxylation is 2. The molecule has 0 aliphatic carbocycles. The van der Waals surface area contributed by atoms with Gasteiger partial charge in [-0.05, 0) is 13.3 Å². The molecule has 10 nitrogen and oxygen atoms in total. The van der Waals surface area contributed by atoms with E-state index in [-0.39, 0.29) is 6.54 Å². The number of anilines is 1. The maximum atomic E-state index is 10.1. The van der Waals surface area contributed by atoms with Gasteiger partial charge in [0.1, 0.15) is 24.4 Å². The van der Waals surface area contributed by atoms with Crippen molar-refractivity contribution in [1.82, 2.24) is 21.0 Å². The maximum Gasteiger partial charge on any atom is 0.186 e. The molecule has 0 saturated carbocycles. The number of nitrogens with one attached hydrogen (secondary N) is 3. The van der Waals surface area contributed by atoms with Crippen molar-refractivity contribution in [3.8, 4) is 0 Å². The number of thiazole rings is 1. The van der Waals surface area contributed by atoms with Crippen molar-refractivity contribution in [2.24, 2.45) is 0 Å². The molecule has 0 radical (unpaired) electrons. The van der Waals surface area contributed by atoms with Gasteiger partial charge in [-0.1, -0.05) is 6.92 Å². The van der Waals surface area contributed by atoms with E-state index in [1.807, 2.05) is 13.1 Å². The van der Waals surface area contributed by atoms with Gasteiger partial charge in [-0.15, -0.1) is 16.9 Å². The molecule has 3 heterocycles. The number of rotatable bonds is 7. The minimum absolute atomic E-state index is 0.248. The lowest BCUT2D eigenvalue weighted by Crippen LogP contribution is -2.60. The van der Waals surface area contributed by atoms with E-state index in [1.54, 1.807) is 16.3 Å². The average molecular weight is 401 g/mol. The van der Waals surface area contributed by atoms with Crippen molar-refractivity contribution in [3.05, 3.63) is 22.5 Å². The van der Waals surface area contributed by atoms with E-state index in [2.05, 4.69) is 28.2 Å². The van der Waals surface area contributed by atoms with Crippen LogP contribution in [0.4, 0.5) is 5.13 Å². The first-order valence-corrected chi connectivity index (χ1v) is 9.66. The van der Waals surface area contributed by atoms with Gasteiger partial charge in [-0.25, -0.2) is 4.98 Å². The van der Waals surface area contributed by atoms with Crippen LogP contribution in [-0.2, 0) is 15.9 Å². The Bertz CT molecular complexity index is 670. The number of aromatic nitrogens is 1. The van der Waals surface area contributed by atoms with Crippen molar-refractivity contribution in [2.75, 3.05) is 25.5 Å². The smallest absolute Gasteiger partial charge is 0.186 e. The summed E-state index contributed by atoms with van der Waals surface area (Å²) < 4.78 is 10.6. The molecule has 5 unspecified atom stereocenters. The van der Waals surface area contributed by atoms with E-state index in [0.29, 0.717) is 6.54 Å². The standard InChI is InChI=1S/C16H27N5O5S/c1-4-11-8(2)18-16(27-11)17-5-9-6-21(20-19-9)7-10-12(22)13(23)14(24)15(25-3)26-10/h6,10,12-15,19-20,22-24H,4-5,7H2,1-3H3,(H,17,18). The van der Waals surface area contributed by atoms with E-state index in [1.165, 1.54) is 12.0 Å². The third-order valence-electron chi connectivity index (χ3n) is 4.59. The first-order chi connectivity index (χ1) is 12.9. The highest BCUT2D eigenvalue weighted by Crippen LogP contribution is 2.24. The van der Waals surface area contributed by atoms with Crippen molar-refractivity contribution < 1.29 is 24.8 Å². The van der Waals surface area contributed by atoms with Crippen molar-refractivity contribution in [1.29, 1.82) is 0 Å². The fourth-order valence-corrected chi connectivity index (χ4v) is 3.94. The first kappa shape index (κ1) is 20.3. The van der Waals surface area contributed by atoms with Crippen LogP contribution in [0.1, 0.15) is 17.5 Å². The lowest BCUT2D eigenvalue weighted by atomic mass is 9.99. The van der Waals surface area contributed by atoms with Gasteiger partial charge >= 0.3 is 0 Å². The van der Waals surface area contributed by atoms with Crippen LogP contribution < -0.4 is 16.3 Å². The summed E-state index contributed by atoms with van der Waals surface area (Å²) >= 11 is 1.65. The van der Waals surface area contributed by atoms with E-state index in [9.17, 15) is 15.3 Å². The Balaban J connectivity index is 1.54. The molecule has 27 heavy (non-hydrogen) atoms. The molecule has 1 fully saturated rings. The predicted molar refractivity (Wildman–Crippen MR) is 99.5 cm³/mol. The fraction of sp³-hybridized carbons (Fsp3) is 0.688. The average Bonchev–Trinajstić information content (AvgIpc) is 3.26. The highest BCUT2D eigenvalue weighted by Gasteiger charge is 2.44. The van der Waals surface area contributed by atoms with Gasteiger partial charge in [-0.2, -0.15) is 0 Å². The molecule has 1 aromatic rings. The number of nitrogens with zero attached hydrogens (tertiary/aromatic N) is 2. The normalized spacial score (nSPS) is 31.0. The minimum Gasteiger partial charge on any atom is -0.388 e. The second-order valence-electron chi connectivity index (χ2n) is 6.53. The number of aliphatic hydroxyl groups excluding tert-OH is 3. The Hall–Kier alpha value is -1.47. The summed E-state index contributed by atoms with van der Waals surface area (Å²) in [6, 6.07) is 0. The molecule has 0 amide bonds. The Morgan fingerprint density at radius 2 is 2.11 bits per heavy atom. The van der Waals surface area contributed by atoms with Gasteiger partial charge in [0.15, 0.2) is 11.4 Å². The van der Waals surface area contributed by atoms with Crippen LogP contribution in [0.15, 0.2) is 11.9 Å². The second-order valence-corrected chi connectivity index (χ2v) is 7.61. The molecule has 3 rings (SSSR count). The molecule has 1 aromatic heterocycles. The molecule has 0 aromatic carbocycles. The highest BCUT2D eigenvalue weighted by molar-refractivity contribution is 7.15. The summed E-state index contributed by atoms with van der Waals surface area (Å²) in [5, 5.41) is 35.8. The molecule has 1 saturated heterocycles. The zero-order valence-corrected chi connectivity index (χ0v) is 16.4. The van der Waals surface area contributed by atoms with Crippen LogP contribution in [0, 0.1) is 6.92 Å². The summed E-state index contributed by atoms with van der Waals surface area (Å²) in [5.41, 5.74) is 7.92. The summed E-state index contributed by atoms with van der Waals surface area (Å²) in [7, 11) is 1.37. The van der Waals surface area contributed by atoms with E-state index >= 15 is 0 Å². The molecule has 11 heteroatoms. The topological polar surface area (TPSA) is 131 Å². The Kier molecular flexibility index (Phi) is 6.52. The van der Waals surface area contributed by atoms with E-state index in [0.717, 1.165) is 22.9 Å². The molecule has 0 spiro atoms. The summed E-state index contributed by atoms with van der Waals surface area (Å²) in [5.74, 6) is 0. The zero-order chi connectivity index (χ0) is 19.6. The molecule has 152 valence electrons. The van der Waals surface area contributed by atoms with Gasteiger partial charge in [0.05, 0.1) is 24.5 Å². The number of hydrogen-bond donors (Lipinski definition) is 6. The van der Waals surface area contributed by atoms with Crippen LogP contribution in [-0.4, -0.2) is 76.2 Å². The summed E-state index contributed by atoms with van der Waals surface area (Å²) in [6.07, 6.45) is -2.78. The number of aliphatic hydroxyl groups is 3. The third-order valence-corrected chi connectivity index (χ3v) is 5.85. The number of ether oxygens (including phenoxy) is 2. The third kappa shape index (κ3) is 4.51. The van der Waals surface area contributed by atoms with Crippen LogP contribution in [0.5, 0.6) is 0 Å². The lowest BCUT2D eigenvalue weighted by Gasteiger charge is -2.40. The maximum absolute atomic E-state index is 10.1. The van der Waals surface area contributed by atoms with Gasteiger partial charge in [-0.3, -0.25) is 5.01 Å². The predicted octanol–water partition coefficient (Wildman–Crippen LogP) is -0.954. The van der Waals surface area contributed by atoms with Gasteiger partial charge in [0.25, 0.3) is 0 Å². The Morgan fingerprint density at radius 3 is 2.78 bits per heavy atom. The molecular weight excluding hydrogens is 374 g/mol. The zero-order valence-electron chi connectivity index (χ0n) is 15.5. The Labute approximate surface area is 161 Å². The van der Waals surface area contributed by atoms with E-state index < -0.39 is 30.7 Å². The summed E-state index contributed by atoms with van der Waals surface area (Å²) in [4.78, 5) is 5.76. The lowest BCUT2D eigenvalue weighted by molar-refractivity contribution is -0.291. The van der Waals surface area contributed by atoms with E-state index in [4.69, 9.17) is 9.47 Å². The largest absolute Gasteiger partial charge is 0.388 e. The molecule has 6 N–H and O–H groups in total. The monoisotopic (exact) mass is 401 g/mol. The quantitative estimate of drug-likeness (QED) is 0.340. The number of hydrogen-bond acceptors (Lipinski definition) is 11. The van der Waals surface area contributed by atoms with Gasteiger partial charge in [0.2, 0.25) is 0 Å². The van der Waals surface area contributed by atoms with Crippen molar-refractivity contribution >= 4 is 16.5 Å². The fourth-order valence-electron chi connectivity index (χ4n) is 3.04. The molecule has 5 atom stereocenters.